The van der Waals surface area contributed by atoms with Crippen LogP contribution in [0.25, 0.3) is 27.8 Å². The minimum atomic E-state index is -4.61. The van der Waals surface area contributed by atoms with Crippen molar-refractivity contribution in [2.75, 3.05) is 5.75 Å². The zero-order chi connectivity index (χ0) is 23.4. The highest BCUT2D eigenvalue weighted by atomic mass is 32.2. The van der Waals surface area contributed by atoms with E-state index in [2.05, 4.69) is 20.1 Å². The first-order valence-electron chi connectivity index (χ1n) is 10.3. The van der Waals surface area contributed by atoms with Crippen molar-refractivity contribution in [2.24, 2.45) is 0 Å². The average Bonchev–Trinajstić information content (AvgIpc) is 3.56. The fourth-order valence-corrected chi connectivity index (χ4v) is 4.57. The lowest BCUT2D eigenvalue weighted by Gasteiger charge is -2.11. The van der Waals surface area contributed by atoms with Crippen LogP contribution in [0.4, 0.5) is 13.2 Å². The Balaban J connectivity index is 1.61. The number of halogens is 3. The van der Waals surface area contributed by atoms with E-state index < -0.39 is 21.7 Å². The topological polar surface area (TPSA) is 90.6 Å². The molecule has 0 aliphatic heterocycles. The Morgan fingerprint density at radius 2 is 1.79 bits per heavy atom. The number of sulfone groups is 1. The third-order valence-corrected chi connectivity index (χ3v) is 7.29. The summed E-state index contributed by atoms with van der Waals surface area (Å²) >= 11 is 0. The van der Waals surface area contributed by atoms with Gasteiger partial charge in [0.25, 0.3) is 0 Å². The van der Waals surface area contributed by atoms with Crippen molar-refractivity contribution in [3.05, 3.63) is 60.4 Å². The van der Waals surface area contributed by atoms with Crippen LogP contribution in [0.3, 0.4) is 0 Å². The molecule has 4 aromatic rings. The first kappa shape index (κ1) is 21.5. The average molecular weight is 473 g/mol. The molecular weight excluding hydrogens is 455 g/mol. The molecule has 4 aromatic heterocycles. The number of hydrogen-bond donors (Lipinski definition) is 0. The lowest BCUT2D eigenvalue weighted by molar-refractivity contribution is -0.141. The summed E-state index contributed by atoms with van der Waals surface area (Å²) in [7, 11) is -3.73. The summed E-state index contributed by atoms with van der Waals surface area (Å²) in [4.78, 5) is 12.2. The Morgan fingerprint density at radius 3 is 2.42 bits per heavy atom. The second-order valence-electron chi connectivity index (χ2n) is 7.89. The van der Waals surface area contributed by atoms with Crippen molar-refractivity contribution in [3.8, 4) is 16.9 Å². The van der Waals surface area contributed by atoms with Crippen LogP contribution in [-0.4, -0.2) is 38.9 Å². The van der Waals surface area contributed by atoms with E-state index in [1.54, 1.807) is 6.20 Å². The van der Waals surface area contributed by atoms with E-state index in [1.165, 1.54) is 30.1 Å². The first-order valence-corrected chi connectivity index (χ1v) is 11.9. The molecule has 170 valence electrons. The molecular formula is C22H18F3N5O2S. The van der Waals surface area contributed by atoms with Crippen LogP contribution in [0.5, 0.6) is 0 Å². The van der Waals surface area contributed by atoms with E-state index in [0.717, 1.165) is 36.4 Å². The second kappa shape index (κ2) is 7.62. The third-order valence-electron chi connectivity index (χ3n) is 5.56. The lowest BCUT2D eigenvalue weighted by atomic mass is 10.1. The predicted molar refractivity (Wildman–Crippen MR) is 115 cm³/mol. The van der Waals surface area contributed by atoms with Gasteiger partial charge in [-0.1, -0.05) is 13.0 Å². The Hall–Kier alpha value is -3.34. The van der Waals surface area contributed by atoms with Gasteiger partial charge >= 0.3 is 6.18 Å². The Labute approximate surface area is 187 Å². The van der Waals surface area contributed by atoms with Gasteiger partial charge < -0.3 is 0 Å². The van der Waals surface area contributed by atoms with Crippen LogP contribution in [0.15, 0.2) is 53.9 Å². The second-order valence-corrected chi connectivity index (χ2v) is 10.1. The molecule has 0 bridgehead atoms. The van der Waals surface area contributed by atoms with Crippen LogP contribution in [0, 0.1) is 0 Å². The van der Waals surface area contributed by atoms with Gasteiger partial charge in [-0.25, -0.2) is 18.1 Å². The molecule has 0 amide bonds. The van der Waals surface area contributed by atoms with Gasteiger partial charge in [0.1, 0.15) is 10.6 Å². The molecule has 0 spiro atoms. The summed E-state index contributed by atoms with van der Waals surface area (Å²) in [5.74, 6) is 0.328. The molecule has 1 aliphatic rings. The smallest absolute Gasteiger partial charge is 0.260 e. The zero-order valence-corrected chi connectivity index (χ0v) is 18.2. The number of hydrogen-bond acceptors (Lipinski definition) is 6. The van der Waals surface area contributed by atoms with Gasteiger partial charge in [-0.2, -0.15) is 18.3 Å². The van der Waals surface area contributed by atoms with Crippen LogP contribution in [0.2, 0.25) is 0 Å². The van der Waals surface area contributed by atoms with E-state index in [4.69, 9.17) is 0 Å². The monoisotopic (exact) mass is 473 g/mol. The van der Waals surface area contributed by atoms with E-state index in [-0.39, 0.29) is 22.0 Å². The van der Waals surface area contributed by atoms with Crippen LogP contribution in [0.1, 0.15) is 37.1 Å². The van der Waals surface area contributed by atoms with Crippen molar-refractivity contribution < 1.29 is 21.6 Å². The number of fused-ring (bicyclic) bond motifs is 1. The fourth-order valence-electron chi connectivity index (χ4n) is 3.53. The molecule has 0 aromatic carbocycles. The van der Waals surface area contributed by atoms with Crippen molar-refractivity contribution in [2.45, 2.75) is 36.8 Å². The summed E-state index contributed by atoms with van der Waals surface area (Å²) in [6, 6.07) is 6.13. The van der Waals surface area contributed by atoms with Crippen LogP contribution in [-0.2, 0) is 16.0 Å². The van der Waals surface area contributed by atoms with Crippen molar-refractivity contribution >= 4 is 20.7 Å². The predicted octanol–water partition coefficient (Wildman–Crippen LogP) is 4.57. The standard InChI is InChI=1S/C22H18F3N5O2S/c1-2-33(31,32)19-7-15(14-5-6-17(26-9-14)13-3-4-13)10-28-21(19)30-12-16-11-27-20(22(23,24)25)8-18(16)29-30/h5-13H,2-4H2,1H3. The van der Waals surface area contributed by atoms with Gasteiger partial charge in [0.15, 0.2) is 15.7 Å². The SMILES string of the molecule is CCS(=O)(=O)c1cc(-c2ccc(C3CC3)nc2)cnc1-n1cc2cnc(C(F)(F)F)cc2n1. The minimum absolute atomic E-state index is 0.00733. The maximum absolute atomic E-state index is 13.0. The van der Waals surface area contributed by atoms with E-state index in [0.29, 0.717) is 16.9 Å². The molecule has 5 rings (SSSR count). The maximum atomic E-state index is 13.0. The molecule has 0 unspecified atom stereocenters. The highest BCUT2D eigenvalue weighted by Gasteiger charge is 2.33. The summed E-state index contributed by atoms with van der Waals surface area (Å²) in [5.41, 5.74) is 1.25. The molecule has 4 heterocycles. The zero-order valence-electron chi connectivity index (χ0n) is 17.4. The molecule has 0 atom stereocenters. The van der Waals surface area contributed by atoms with Crippen LogP contribution >= 0.6 is 0 Å². The highest BCUT2D eigenvalue weighted by Crippen LogP contribution is 2.39. The third kappa shape index (κ3) is 4.08. The van der Waals surface area contributed by atoms with Gasteiger partial charge in [0.05, 0.1) is 11.3 Å². The maximum Gasteiger partial charge on any atom is 0.433 e. The molecule has 11 heteroatoms. The fraction of sp³-hybridized carbons (Fsp3) is 0.273. The molecule has 7 nitrogen and oxygen atoms in total. The number of alkyl halides is 3. The minimum Gasteiger partial charge on any atom is -0.260 e. The number of rotatable bonds is 5. The summed E-state index contributed by atoms with van der Waals surface area (Å²) in [6.45, 7) is 1.51. The van der Waals surface area contributed by atoms with Gasteiger partial charge in [-0.15, -0.1) is 0 Å². The van der Waals surface area contributed by atoms with Crippen molar-refractivity contribution in [1.29, 1.82) is 0 Å². The first-order chi connectivity index (χ1) is 15.7. The summed E-state index contributed by atoms with van der Waals surface area (Å²) < 4.78 is 65.9. The van der Waals surface area contributed by atoms with Crippen molar-refractivity contribution in [3.63, 3.8) is 0 Å². The normalized spacial score (nSPS) is 14.7. The van der Waals surface area contributed by atoms with Gasteiger partial charge in [0.2, 0.25) is 0 Å². The largest absolute Gasteiger partial charge is 0.433 e. The summed E-state index contributed by atoms with van der Waals surface area (Å²) in [5, 5.41) is 4.47. The van der Waals surface area contributed by atoms with Gasteiger partial charge in [0, 0.05) is 52.9 Å². The Morgan fingerprint density at radius 1 is 1.03 bits per heavy atom. The van der Waals surface area contributed by atoms with E-state index in [9.17, 15) is 21.6 Å². The molecule has 1 saturated carbocycles. The molecule has 0 saturated heterocycles. The molecule has 33 heavy (non-hydrogen) atoms. The van der Waals surface area contributed by atoms with Gasteiger partial charge in [-0.05, 0) is 31.0 Å². The highest BCUT2D eigenvalue weighted by molar-refractivity contribution is 7.91. The Kier molecular flexibility index (Phi) is 4.96. The molecule has 0 N–H and O–H groups in total. The van der Waals surface area contributed by atoms with E-state index >= 15 is 0 Å². The van der Waals surface area contributed by atoms with Gasteiger partial charge in [-0.3, -0.25) is 9.97 Å². The molecule has 1 aliphatic carbocycles. The Bertz CT molecular complexity index is 1460. The molecule has 1 fully saturated rings. The molecule has 0 radical (unpaired) electrons. The van der Waals surface area contributed by atoms with E-state index in [1.807, 2.05) is 12.1 Å². The van der Waals surface area contributed by atoms with Crippen LogP contribution < -0.4 is 0 Å². The number of aromatic nitrogens is 5. The number of nitrogens with zero attached hydrogens (tertiary/aromatic N) is 5. The number of pyridine rings is 3. The summed E-state index contributed by atoms with van der Waals surface area (Å²) in [6.07, 6.45) is 3.29. The quantitative estimate of drug-likeness (QED) is 0.422. The van der Waals surface area contributed by atoms with Crippen molar-refractivity contribution in [1.82, 2.24) is 24.7 Å². The lowest BCUT2D eigenvalue weighted by Crippen LogP contribution is -2.11.